The van der Waals surface area contributed by atoms with Crippen LogP contribution in [0, 0.1) is 12.3 Å². The molecule has 2 aromatic heterocycles. The Hall–Kier alpha value is -6.62. The standard InChI is InChI=1S/C49H52N6O8S2/c1-28(31-10-12-32(13-11-31)43-29(2)50-27-64-43)52-46(60)39-23-36(58)26-55(39)48(62)45(49(3,4)5)53-41(59)7-6-22-63-37-19-8-30(9-20-37)25-51-54-47(61)42-38-21-18-35(57)24-40(38)65-44(42)33-14-16-34(56)17-15-33/h8-21,24-25,27-28,36,39,45,56-58H,6-7,22-23,26H2,1-5H3,(H,52,60)(H,53,59)(H,54,61)/b51-25+/t28-,36+,39-,45+/m0/s1. The number of aliphatic hydroxyl groups excluding tert-OH is 1. The Balaban J connectivity index is 0.887. The average molecular weight is 917 g/mol. The van der Waals surface area contributed by atoms with Gasteiger partial charge in [-0.15, -0.1) is 22.7 Å². The number of ether oxygens (including phenoxy) is 1. The number of aryl methyl sites for hydroxylation is 1. The maximum Gasteiger partial charge on any atom is 0.273 e. The van der Waals surface area contributed by atoms with E-state index in [4.69, 9.17) is 4.74 Å². The Labute approximate surface area is 385 Å². The summed E-state index contributed by atoms with van der Waals surface area (Å²) in [5.74, 6) is -0.826. The number of rotatable bonds is 15. The number of fused-ring (bicyclic) bond motifs is 1. The first-order valence-corrected chi connectivity index (χ1v) is 22.9. The molecule has 0 radical (unpaired) electrons. The highest BCUT2D eigenvalue weighted by atomic mass is 32.1. The number of benzene rings is 4. The first kappa shape index (κ1) is 46.4. The topological polar surface area (TPSA) is 203 Å². The van der Waals surface area contributed by atoms with Gasteiger partial charge in [-0.1, -0.05) is 45.0 Å². The van der Waals surface area contributed by atoms with Crippen molar-refractivity contribution >= 4 is 62.6 Å². The number of amides is 4. The second-order valence-corrected chi connectivity index (χ2v) is 19.0. The Morgan fingerprint density at radius 3 is 2.28 bits per heavy atom. The second kappa shape index (κ2) is 20.0. The smallest absolute Gasteiger partial charge is 0.273 e. The van der Waals surface area contributed by atoms with Crippen molar-refractivity contribution in [2.75, 3.05) is 13.2 Å². The van der Waals surface area contributed by atoms with Crippen LogP contribution in [0.2, 0.25) is 0 Å². The number of carbonyl (C=O) groups is 4. The number of nitrogens with one attached hydrogen (secondary N) is 3. The van der Waals surface area contributed by atoms with Gasteiger partial charge in [0.05, 0.1) is 46.6 Å². The summed E-state index contributed by atoms with van der Waals surface area (Å²) >= 11 is 2.92. The lowest BCUT2D eigenvalue weighted by atomic mass is 9.85. The van der Waals surface area contributed by atoms with Crippen LogP contribution in [0.1, 0.15) is 80.2 Å². The highest BCUT2D eigenvalue weighted by molar-refractivity contribution is 7.22. The molecule has 16 heteroatoms. The number of carbonyl (C=O) groups excluding carboxylic acids is 4. The van der Waals surface area contributed by atoms with Crippen molar-refractivity contribution in [3.8, 4) is 38.1 Å². The Kier molecular flexibility index (Phi) is 14.3. The third-order valence-electron chi connectivity index (χ3n) is 11.2. The third-order valence-corrected chi connectivity index (χ3v) is 13.3. The van der Waals surface area contributed by atoms with Crippen LogP contribution in [0.3, 0.4) is 0 Å². The van der Waals surface area contributed by atoms with Crippen molar-refractivity contribution in [1.29, 1.82) is 0 Å². The van der Waals surface area contributed by atoms with Gasteiger partial charge in [0.1, 0.15) is 29.3 Å². The molecule has 0 spiro atoms. The lowest BCUT2D eigenvalue weighted by molar-refractivity contribution is -0.144. The number of hydrogen-bond donors (Lipinski definition) is 6. The molecular weight excluding hydrogens is 865 g/mol. The van der Waals surface area contributed by atoms with Crippen LogP contribution in [-0.4, -0.2) is 86.4 Å². The van der Waals surface area contributed by atoms with Gasteiger partial charge >= 0.3 is 0 Å². The van der Waals surface area contributed by atoms with Crippen molar-refractivity contribution in [2.45, 2.75) is 78.1 Å². The van der Waals surface area contributed by atoms with Crippen LogP contribution in [0.25, 0.3) is 31.0 Å². The number of likely N-dealkylation sites (tertiary alicyclic amines) is 1. The zero-order chi connectivity index (χ0) is 46.4. The van der Waals surface area contributed by atoms with E-state index in [1.54, 1.807) is 72.0 Å². The summed E-state index contributed by atoms with van der Waals surface area (Å²) in [4.78, 5) is 61.9. The average Bonchev–Trinajstić information content (AvgIpc) is 4.00. The lowest BCUT2D eigenvalue weighted by Crippen LogP contribution is -2.57. The predicted molar refractivity (Wildman–Crippen MR) is 253 cm³/mol. The van der Waals surface area contributed by atoms with Crippen LogP contribution < -0.4 is 20.8 Å². The van der Waals surface area contributed by atoms with Gasteiger partial charge in [0.15, 0.2) is 0 Å². The van der Waals surface area contributed by atoms with Crippen molar-refractivity contribution in [2.24, 2.45) is 10.5 Å². The first-order chi connectivity index (χ1) is 31.0. The SMILES string of the molecule is Cc1ncsc1-c1ccc([C@H](C)NC(=O)[C@@H]2C[C@@H](O)CN2C(=O)[C@@H](NC(=O)CCCOc2ccc(/C=N/NC(=O)c3c(-c4ccc(O)cc4)sc4cc(O)ccc34)cc2)C(C)(C)C)cc1. The molecule has 6 aromatic rings. The van der Waals surface area contributed by atoms with Gasteiger partial charge in [-0.25, -0.2) is 10.4 Å². The maximum absolute atomic E-state index is 14.1. The Bertz CT molecular complexity index is 2690. The zero-order valence-electron chi connectivity index (χ0n) is 36.7. The van der Waals surface area contributed by atoms with Crippen molar-refractivity contribution in [3.63, 3.8) is 0 Å². The van der Waals surface area contributed by atoms with E-state index in [0.717, 1.165) is 32.0 Å². The summed E-state index contributed by atoms with van der Waals surface area (Å²) in [6.07, 6.45) is 1.16. The number of aromatic nitrogens is 1. The van der Waals surface area contributed by atoms with E-state index in [-0.39, 0.29) is 55.3 Å². The maximum atomic E-state index is 14.1. The molecule has 0 bridgehead atoms. The molecule has 0 saturated carbocycles. The van der Waals surface area contributed by atoms with Crippen molar-refractivity contribution in [3.05, 3.63) is 119 Å². The van der Waals surface area contributed by atoms with Crippen molar-refractivity contribution < 1.29 is 39.2 Å². The monoisotopic (exact) mass is 916 g/mol. The fourth-order valence-corrected chi connectivity index (χ4v) is 9.72. The molecule has 3 heterocycles. The molecule has 65 heavy (non-hydrogen) atoms. The van der Waals surface area contributed by atoms with Gasteiger partial charge in [-0.2, -0.15) is 5.10 Å². The highest BCUT2D eigenvalue weighted by Crippen LogP contribution is 2.40. The molecule has 6 N–H and O–H groups in total. The van der Waals surface area contributed by atoms with E-state index in [1.807, 2.05) is 64.4 Å². The van der Waals surface area contributed by atoms with Crippen LogP contribution in [0.5, 0.6) is 17.2 Å². The van der Waals surface area contributed by atoms with Gasteiger partial charge in [-0.3, -0.25) is 19.2 Å². The molecule has 1 aliphatic heterocycles. The van der Waals surface area contributed by atoms with Crippen LogP contribution in [0.4, 0.5) is 0 Å². The normalized spacial score (nSPS) is 16.1. The minimum absolute atomic E-state index is 0.0218. The van der Waals surface area contributed by atoms with E-state index < -0.39 is 35.4 Å². The molecular formula is C49H52N6O8S2. The molecule has 1 saturated heterocycles. The predicted octanol–water partition coefficient (Wildman–Crippen LogP) is 7.70. The molecule has 338 valence electrons. The summed E-state index contributed by atoms with van der Waals surface area (Å²) in [5.41, 5.74) is 8.44. The van der Waals surface area contributed by atoms with Gasteiger partial charge < -0.3 is 35.6 Å². The number of phenolic OH excluding ortho intramolecular Hbond substituents is 2. The molecule has 4 atom stereocenters. The molecule has 0 aliphatic carbocycles. The van der Waals surface area contributed by atoms with Gasteiger partial charge in [0.2, 0.25) is 17.7 Å². The zero-order valence-corrected chi connectivity index (χ0v) is 38.3. The molecule has 0 unspecified atom stereocenters. The number of β-amino-alcohol motifs (C(OH)–C–C–N with tert-alkyl or cyclic N) is 1. The summed E-state index contributed by atoms with van der Waals surface area (Å²) < 4.78 is 6.61. The number of hydrazone groups is 1. The molecule has 14 nitrogen and oxygen atoms in total. The fourth-order valence-electron chi connectivity index (χ4n) is 7.67. The molecule has 1 fully saturated rings. The largest absolute Gasteiger partial charge is 0.508 e. The van der Waals surface area contributed by atoms with E-state index >= 15 is 0 Å². The van der Waals surface area contributed by atoms with Crippen molar-refractivity contribution in [1.82, 2.24) is 25.9 Å². The number of nitrogens with zero attached hydrogens (tertiary/aromatic N) is 3. The molecule has 4 aromatic carbocycles. The van der Waals surface area contributed by atoms with Gasteiger partial charge in [-0.05, 0) is 115 Å². The molecule has 7 rings (SSSR count). The first-order valence-electron chi connectivity index (χ1n) is 21.3. The summed E-state index contributed by atoms with van der Waals surface area (Å²) in [5, 5.41) is 41.2. The number of thiophene rings is 1. The van der Waals surface area contributed by atoms with Gasteiger partial charge in [0, 0.05) is 34.3 Å². The molecule has 4 amide bonds. The summed E-state index contributed by atoms with van der Waals surface area (Å²) in [7, 11) is 0. The van der Waals surface area contributed by atoms with E-state index in [0.29, 0.717) is 33.6 Å². The quantitative estimate of drug-likeness (QED) is 0.0339. The minimum atomic E-state index is -0.948. The lowest BCUT2D eigenvalue weighted by Gasteiger charge is -2.35. The highest BCUT2D eigenvalue weighted by Gasteiger charge is 2.44. The second-order valence-electron chi connectivity index (χ2n) is 17.1. The van der Waals surface area contributed by atoms with E-state index in [9.17, 15) is 34.5 Å². The number of phenols is 2. The fraction of sp³-hybridized carbons (Fsp3) is 0.306. The van der Waals surface area contributed by atoms with E-state index in [2.05, 4.69) is 26.1 Å². The summed E-state index contributed by atoms with van der Waals surface area (Å²) in [6.45, 7) is 9.58. The number of hydrogen-bond acceptors (Lipinski definition) is 12. The summed E-state index contributed by atoms with van der Waals surface area (Å²) in [6, 6.07) is 24.1. The Morgan fingerprint density at radius 2 is 1.60 bits per heavy atom. The van der Waals surface area contributed by atoms with Crippen LogP contribution in [0.15, 0.2) is 102 Å². The van der Waals surface area contributed by atoms with Gasteiger partial charge in [0.25, 0.3) is 5.91 Å². The van der Waals surface area contributed by atoms with E-state index in [1.165, 1.54) is 28.5 Å². The molecule has 1 aliphatic rings. The number of thiazole rings is 1. The van der Waals surface area contributed by atoms with Crippen LogP contribution >= 0.6 is 22.7 Å². The minimum Gasteiger partial charge on any atom is -0.508 e. The Morgan fingerprint density at radius 1 is 0.923 bits per heavy atom. The third kappa shape index (κ3) is 11.2. The number of aromatic hydroxyl groups is 2. The van der Waals surface area contributed by atoms with Crippen LogP contribution in [-0.2, 0) is 14.4 Å². The number of aliphatic hydroxyl groups is 1.